The molecule has 4 rings (SSSR count). The maximum Gasteiger partial charge on any atom is 0.251 e. The van der Waals surface area contributed by atoms with Crippen molar-refractivity contribution in [1.29, 1.82) is 0 Å². The topological polar surface area (TPSA) is 65.1 Å². The summed E-state index contributed by atoms with van der Waals surface area (Å²) in [6, 6.07) is 11.8. The minimum atomic E-state index is -0.460. The Balaban J connectivity index is 1.53. The van der Waals surface area contributed by atoms with Gasteiger partial charge in [0.1, 0.15) is 5.82 Å². The highest BCUT2D eigenvalue weighted by atomic mass is 19.1. The Morgan fingerprint density at radius 3 is 2.65 bits per heavy atom. The van der Waals surface area contributed by atoms with Crippen LogP contribution < -0.4 is 5.32 Å². The Hall–Kier alpha value is -2.66. The molecule has 134 valence electrons. The fraction of sp³-hybridized carbons (Fsp3) is 0.286. The number of aliphatic hydroxyl groups is 1. The number of aromatic nitrogens is 1. The van der Waals surface area contributed by atoms with E-state index in [0.29, 0.717) is 5.56 Å². The number of carbonyl (C=O) groups excluding carboxylic acids is 1. The van der Waals surface area contributed by atoms with E-state index in [1.807, 2.05) is 18.3 Å². The molecule has 0 saturated heterocycles. The van der Waals surface area contributed by atoms with Gasteiger partial charge in [-0.1, -0.05) is 25.0 Å². The van der Waals surface area contributed by atoms with Crippen molar-refractivity contribution < 1.29 is 14.3 Å². The van der Waals surface area contributed by atoms with Crippen LogP contribution in [0.25, 0.3) is 22.0 Å². The molecule has 2 aromatic carbocycles. The second-order valence-corrected chi connectivity index (χ2v) is 6.90. The number of benzene rings is 2. The first kappa shape index (κ1) is 16.8. The van der Waals surface area contributed by atoms with E-state index in [1.165, 1.54) is 12.1 Å². The van der Waals surface area contributed by atoms with Crippen molar-refractivity contribution in [3.63, 3.8) is 0 Å². The zero-order valence-electron chi connectivity index (χ0n) is 14.3. The van der Waals surface area contributed by atoms with Crippen molar-refractivity contribution in [2.24, 2.45) is 0 Å². The van der Waals surface area contributed by atoms with Gasteiger partial charge >= 0.3 is 0 Å². The second kappa shape index (κ2) is 6.92. The monoisotopic (exact) mass is 352 g/mol. The van der Waals surface area contributed by atoms with Crippen molar-refractivity contribution in [3.8, 4) is 11.1 Å². The summed E-state index contributed by atoms with van der Waals surface area (Å²) in [5, 5.41) is 13.9. The first-order chi connectivity index (χ1) is 12.6. The number of aromatic amines is 1. The predicted molar refractivity (Wildman–Crippen MR) is 99.4 cm³/mol. The van der Waals surface area contributed by atoms with Gasteiger partial charge in [0.25, 0.3) is 5.91 Å². The Morgan fingerprint density at radius 2 is 1.88 bits per heavy atom. The van der Waals surface area contributed by atoms with E-state index in [0.717, 1.165) is 47.7 Å². The number of fused-ring (bicyclic) bond motifs is 1. The lowest BCUT2D eigenvalue weighted by Crippen LogP contribution is -2.45. The van der Waals surface area contributed by atoms with Gasteiger partial charge in [-0.15, -0.1) is 0 Å². The van der Waals surface area contributed by atoms with E-state index >= 15 is 0 Å². The van der Waals surface area contributed by atoms with Gasteiger partial charge in [-0.3, -0.25) is 4.79 Å². The van der Waals surface area contributed by atoms with E-state index in [2.05, 4.69) is 10.3 Å². The molecule has 0 bridgehead atoms. The lowest BCUT2D eigenvalue weighted by atomic mass is 9.92. The Bertz CT molecular complexity index is 933. The summed E-state index contributed by atoms with van der Waals surface area (Å²) in [5.41, 5.74) is 3.23. The normalized spacial score (nSPS) is 20.2. The zero-order valence-corrected chi connectivity index (χ0v) is 14.3. The summed E-state index contributed by atoms with van der Waals surface area (Å²) in [6.07, 6.45) is 4.98. The highest BCUT2D eigenvalue weighted by Crippen LogP contribution is 2.29. The quantitative estimate of drug-likeness (QED) is 0.667. The summed E-state index contributed by atoms with van der Waals surface area (Å²) in [5.74, 6) is -0.439. The van der Waals surface area contributed by atoms with E-state index < -0.39 is 6.10 Å². The highest BCUT2D eigenvalue weighted by molar-refractivity contribution is 5.97. The molecule has 1 fully saturated rings. The molecule has 1 aliphatic rings. The van der Waals surface area contributed by atoms with Gasteiger partial charge in [-0.2, -0.15) is 0 Å². The van der Waals surface area contributed by atoms with Gasteiger partial charge in [-0.25, -0.2) is 4.39 Å². The zero-order chi connectivity index (χ0) is 18.1. The first-order valence-corrected chi connectivity index (χ1v) is 8.98. The second-order valence-electron chi connectivity index (χ2n) is 6.90. The maximum atomic E-state index is 13.3. The van der Waals surface area contributed by atoms with E-state index in [-0.39, 0.29) is 17.8 Å². The molecule has 2 atom stereocenters. The molecule has 1 aliphatic carbocycles. The van der Waals surface area contributed by atoms with Crippen LogP contribution in [0.5, 0.6) is 0 Å². The first-order valence-electron chi connectivity index (χ1n) is 8.98. The number of hydrogen-bond donors (Lipinski definition) is 3. The summed E-state index contributed by atoms with van der Waals surface area (Å²) in [6.45, 7) is 0. The molecule has 0 aliphatic heterocycles. The minimum absolute atomic E-state index is 0.163. The summed E-state index contributed by atoms with van der Waals surface area (Å²) in [4.78, 5) is 15.5. The van der Waals surface area contributed by atoms with Crippen molar-refractivity contribution in [1.82, 2.24) is 10.3 Å². The fourth-order valence-corrected chi connectivity index (χ4v) is 3.67. The van der Waals surface area contributed by atoms with Gasteiger partial charge < -0.3 is 15.4 Å². The summed E-state index contributed by atoms with van der Waals surface area (Å²) >= 11 is 0. The average Bonchev–Trinajstić information content (AvgIpc) is 3.06. The Morgan fingerprint density at radius 1 is 1.12 bits per heavy atom. The van der Waals surface area contributed by atoms with Crippen LogP contribution in [0.4, 0.5) is 4.39 Å². The molecule has 26 heavy (non-hydrogen) atoms. The largest absolute Gasteiger partial charge is 0.391 e. The van der Waals surface area contributed by atoms with Gasteiger partial charge in [0, 0.05) is 28.2 Å². The number of aliphatic hydroxyl groups excluding tert-OH is 1. The number of hydrogen-bond acceptors (Lipinski definition) is 2. The molecular weight excluding hydrogens is 331 g/mol. The van der Waals surface area contributed by atoms with Gasteiger partial charge in [-0.05, 0) is 48.7 Å². The fourth-order valence-electron chi connectivity index (χ4n) is 3.67. The molecule has 3 N–H and O–H groups in total. The van der Waals surface area contributed by atoms with Crippen molar-refractivity contribution in [2.45, 2.75) is 37.8 Å². The van der Waals surface area contributed by atoms with Crippen LogP contribution in [-0.4, -0.2) is 28.1 Å². The van der Waals surface area contributed by atoms with Crippen LogP contribution in [0, 0.1) is 5.82 Å². The average molecular weight is 352 g/mol. The van der Waals surface area contributed by atoms with Gasteiger partial charge in [0.2, 0.25) is 0 Å². The van der Waals surface area contributed by atoms with Crippen LogP contribution in [0.2, 0.25) is 0 Å². The molecule has 1 heterocycles. The highest BCUT2D eigenvalue weighted by Gasteiger charge is 2.24. The summed E-state index contributed by atoms with van der Waals surface area (Å²) < 4.78 is 13.3. The molecule has 1 amide bonds. The lowest BCUT2D eigenvalue weighted by molar-refractivity contribution is 0.0717. The van der Waals surface area contributed by atoms with Crippen molar-refractivity contribution >= 4 is 16.8 Å². The molecule has 0 unspecified atom stereocenters. The molecular formula is C21H21FN2O2. The number of nitrogens with one attached hydrogen (secondary N) is 2. The van der Waals surface area contributed by atoms with E-state index in [9.17, 15) is 14.3 Å². The number of H-pyrrole nitrogens is 1. The van der Waals surface area contributed by atoms with E-state index in [1.54, 1.807) is 18.2 Å². The number of carbonyl (C=O) groups is 1. The van der Waals surface area contributed by atoms with Crippen LogP contribution >= 0.6 is 0 Å². The number of rotatable bonds is 3. The van der Waals surface area contributed by atoms with E-state index in [4.69, 9.17) is 0 Å². The van der Waals surface area contributed by atoms with Crippen LogP contribution in [0.15, 0.2) is 48.7 Å². The van der Waals surface area contributed by atoms with Crippen molar-refractivity contribution in [2.75, 3.05) is 0 Å². The standard InChI is InChI=1S/C21H21FN2O2/c22-15-9-10-16-17(12-23-19(16)11-15)13-5-7-14(8-6-13)21(26)24-18-3-1-2-4-20(18)25/h5-12,18,20,23,25H,1-4H2,(H,24,26)/t18-,20-/m1/s1. The van der Waals surface area contributed by atoms with Crippen molar-refractivity contribution in [3.05, 3.63) is 60.0 Å². The molecule has 1 aromatic heterocycles. The summed E-state index contributed by atoms with van der Waals surface area (Å²) in [7, 11) is 0. The molecule has 1 saturated carbocycles. The van der Waals surface area contributed by atoms with Gasteiger partial charge in [0.15, 0.2) is 0 Å². The molecule has 0 spiro atoms. The lowest BCUT2D eigenvalue weighted by Gasteiger charge is -2.28. The maximum absolute atomic E-state index is 13.3. The Labute approximate surface area is 151 Å². The number of halogens is 1. The molecule has 3 aromatic rings. The Kier molecular flexibility index (Phi) is 4.47. The molecule has 4 nitrogen and oxygen atoms in total. The third kappa shape index (κ3) is 3.22. The van der Waals surface area contributed by atoms with Crippen LogP contribution in [0.3, 0.4) is 0 Å². The molecule has 0 radical (unpaired) electrons. The van der Waals surface area contributed by atoms with Gasteiger partial charge in [0.05, 0.1) is 12.1 Å². The SMILES string of the molecule is O=C(N[C@@H]1CCCC[C@H]1O)c1ccc(-c2c[nH]c3cc(F)ccc23)cc1. The number of amides is 1. The third-order valence-corrected chi connectivity index (χ3v) is 5.15. The molecule has 5 heteroatoms. The predicted octanol–water partition coefficient (Wildman–Crippen LogP) is 4.01. The minimum Gasteiger partial charge on any atom is -0.391 e. The smallest absolute Gasteiger partial charge is 0.251 e. The van der Waals surface area contributed by atoms with Crippen LogP contribution in [0.1, 0.15) is 36.0 Å². The van der Waals surface area contributed by atoms with Crippen LogP contribution in [-0.2, 0) is 0 Å². The third-order valence-electron chi connectivity index (χ3n) is 5.15.